The van der Waals surface area contributed by atoms with Gasteiger partial charge in [-0.05, 0) is 36.2 Å². The Hall–Kier alpha value is -2.90. The Bertz CT molecular complexity index is 973. The van der Waals surface area contributed by atoms with E-state index in [4.69, 9.17) is 9.84 Å². The van der Waals surface area contributed by atoms with Crippen molar-refractivity contribution in [1.82, 2.24) is 14.9 Å². The molecule has 2 aromatic carbocycles. The first-order valence-corrected chi connectivity index (χ1v) is 8.89. The van der Waals surface area contributed by atoms with Crippen LogP contribution in [0.5, 0.6) is 0 Å². The first kappa shape index (κ1) is 18.9. The second kappa shape index (κ2) is 8.66. The lowest BCUT2D eigenvalue weighted by Crippen LogP contribution is -2.22. The highest BCUT2D eigenvalue weighted by molar-refractivity contribution is 5.97. The Morgan fingerprint density at radius 1 is 1.19 bits per heavy atom. The number of carbonyl (C=O) groups is 1. The Balaban J connectivity index is 1.70. The van der Waals surface area contributed by atoms with Crippen LogP contribution in [-0.2, 0) is 24.4 Å². The summed E-state index contributed by atoms with van der Waals surface area (Å²) in [6, 6.07) is 12.5. The van der Waals surface area contributed by atoms with Gasteiger partial charge in [0, 0.05) is 18.7 Å². The molecule has 1 aromatic heterocycles. The fraction of sp³-hybridized carbons (Fsp3) is 0.300. The van der Waals surface area contributed by atoms with Crippen molar-refractivity contribution in [2.24, 2.45) is 0 Å². The van der Waals surface area contributed by atoms with Gasteiger partial charge in [0.05, 0.1) is 30.8 Å². The summed E-state index contributed by atoms with van der Waals surface area (Å²) in [5.41, 5.74) is 3.40. The van der Waals surface area contributed by atoms with Gasteiger partial charge in [0.1, 0.15) is 0 Å². The van der Waals surface area contributed by atoms with E-state index in [0.29, 0.717) is 37.4 Å². The third-order valence-electron chi connectivity index (χ3n) is 4.36. The molecule has 0 saturated heterocycles. The van der Waals surface area contributed by atoms with Crippen LogP contribution in [0.25, 0.3) is 11.0 Å². The van der Waals surface area contributed by atoms with Gasteiger partial charge in [-0.15, -0.1) is 0 Å². The number of rotatable bonds is 8. The van der Waals surface area contributed by atoms with Gasteiger partial charge >= 0.3 is 5.69 Å². The maximum atomic E-state index is 12.4. The normalized spacial score (nSPS) is 11.0. The zero-order valence-electron chi connectivity index (χ0n) is 15.2. The fourth-order valence-electron chi connectivity index (χ4n) is 2.87. The largest absolute Gasteiger partial charge is 0.392 e. The van der Waals surface area contributed by atoms with Crippen molar-refractivity contribution in [3.63, 3.8) is 0 Å². The van der Waals surface area contributed by atoms with E-state index < -0.39 is 0 Å². The number of aromatic nitrogens is 2. The standard InChI is InChI=1S/C20H23N3O4/c1-2-27-10-9-23-18-8-7-16(11-17(18)22-20(23)26)19(25)21-12-14-3-5-15(13-24)6-4-14/h3-8,11,24H,2,9-10,12-13H2,1H3,(H,21,25)(H,22,26). The highest BCUT2D eigenvalue weighted by Gasteiger charge is 2.11. The van der Waals surface area contributed by atoms with Crippen molar-refractivity contribution in [1.29, 1.82) is 0 Å². The third kappa shape index (κ3) is 4.45. The van der Waals surface area contributed by atoms with Crippen LogP contribution in [0.4, 0.5) is 0 Å². The molecule has 7 nitrogen and oxygen atoms in total. The highest BCUT2D eigenvalue weighted by atomic mass is 16.5. The number of amides is 1. The molecule has 27 heavy (non-hydrogen) atoms. The first-order chi connectivity index (χ1) is 13.1. The molecule has 3 N–H and O–H groups in total. The smallest absolute Gasteiger partial charge is 0.326 e. The van der Waals surface area contributed by atoms with Gasteiger partial charge in [0.25, 0.3) is 5.91 Å². The Morgan fingerprint density at radius 3 is 2.63 bits per heavy atom. The summed E-state index contributed by atoms with van der Waals surface area (Å²) in [6.07, 6.45) is 0. The average Bonchev–Trinajstić information content (AvgIpc) is 3.01. The Labute approximate surface area is 156 Å². The monoisotopic (exact) mass is 369 g/mol. The van der Waals surface area contributed by atoms with Crippen LogP contribution in [0.2, 0.25) is 0 Å². The molecule has 0 aliphatic heterocycles. The molecule has 0 aliphatic rings. The number of fused-ring (bicyclic) bond motifs is 1. The van der Waals surface area contributed by atoms with E-state index in [1.165, 1.54) is 0 Å². The third-order valence-corrected chi connectivity index (χ3v) is 4.36. The molecule has 7 heteroatoms. The van der Waals surface area contributed by atoms with Gasteiger partial charge in [-0.25, -0.2) is 4.79 Å². The van der Waals surface area contributed by atoms with Gasteiger partial charge in [0.15, 0.2) is 0 Å². The lowest BCUT2D eigenvalue weighted by Gasteiger charge is -2.07. The van der Waals surface area contributed by atoms with E-state index in [-0.39, 0.29) is 18.2 Å². The number of aromatic amines is 1. The molecule has 0 unspecified atom stereocenters. The number of nitrogens with one attached hydrogen (secondary N) is 2. The van der Waals surface area contributed by atoms with Crippen molar-refractivity contribution in [3.8, 4) is 0 Å². The van der Waals surface area contributed by atoms with Crippen molar-refractivity contribution >= 4 is 16.9 Å². The minimum absolute atomic E-state index is 0.00489. The van der Waals surface area contributed by atoms with Crippen molar-refractivity contribution in [2.75, 3.05) is 13.2 Å². The fourth-order valence-corrected chi connectivity index (χ4v) is 2.87. The molecule has 0 fully saturated rings. The highest BCUT2D eigenvalue weighted by Crippen LogP contribution is 2.13. The lowest BCUT2D eigenvalue weighted by molar-refractivity contribution is 0.0951. The van der Waals surface area contributed by atoms with Crippen LogP contribution in [0.3, 0.4) is 0 Å². The molecule has 0 atom stereocenters. The molecule has 0 aliphatic carbocycles. The Morgan fingerprint density at radius 2 is 1.93 bits per heavy atom. The topological polar surface area (TPSA) is 96.4 Å². The van der Waals surface area contributed by atoms with E-state index in [0.717, 1.165) is 16.6 Å². The number of H-pyrrole nitrogens is 1. The number of aliphatic hydroxyl groups excluding tert-OH is 1. The first-order valence-electron chi connectivity index (χ1n) is 8.89. The minimum Gasteiger partial charge on any atom is -0.392 e. The predicted molar refractivity (Wildman–Crippen MR) is 103 cm³/mol. The number of benzene rings is 2. The second-order valence-corrected chi connectivity index (χ2v) is 6.17. The quantitative estimate of drug-likeness (QED) is 0.528. The SMILES string of the molecule is CCOCCn1c(=O)[nH]c2cc(C(=O)NCc3ccc(CO)cc3)ccc21. The molecular weight excluding hydrogens is 346 g/mol. The molecule has 1 heterocycles. The van der Waals surface area contributed by atoms with Crippen molar-refractivity contribution in [2.45, 2.75) is 26.6 Å². The summed E-state index contributed by atoms with van der Waals surface area (Å²) in [5.74, 6) is -0.217. The summed E-state index contributed by atoms with van der Waals surface area (Å²) >= 11 is 0. The van der Waals surface area contributed by atoms with Crippen LogP contribution in [0.15, 0.2) is 47.3 Å². The maximum absolute atomic E-state index is 12.4. The number of imidazole rings is 1. The summed E-state index contributed by atoms with van der Waals surface area (Å²) < 4.78 is 6.92. The number of nitrogens with zero attached hydrogens (tertiary/aromatic N) is 1. The second-order valence-electron chi connectivity index (χ2n) is 6.17. The number of hydrogen-bond acceptors (Lipinski definition) is 4. The van der Waals surface area contributed by atoms with Crippen molar-refractivity contribution in [3.05, 3.63) is 69.6 Å². The van der Waals surface area contributed by atoms with Gasteiger partial charge in [0.2, 0.25) is 0 Å². The zero-order valence-corrected chi connectivity index (χ0v) is 15.2. The molecule has 0 saturated carbocycles. The van der Waals surface area contributed by atoms with E-state index in [1.54, 1.807) is 22.8 Å². The summed E-state index contributed by atoms with van der Waals surface area (Å²) in [7, 11) is 0. The van der Waals surface area contributed by atoms with Gasteiger partial charge in [-0.2, -0.15) is 0 Å². The maximum Gasteiger partial charge on any atom is 0.326 e. The summed E-state index contributed by atoms with van der Waals surface area (Å²) in [5, 5.41) is 11.9. The summed E-state index contributed by atoms with van der Waals surface area (Å²) in [4.78, 5) is 27.3. The van der Waals surface area contributed by atoms with Crippen LogP contribution in [0, 0.1) is 0 Å². The number of carbonyl (C=O) groups excluding carboxylic acids is 1. The van der Waals surface area contributed by atoms with E-state index in [1.807, 2.05) is 31.2 Å². The molecule has 0 spiro atoms. The van der Waals surface area contributed by atoms with E-state index >= 15 is 0 Å². The van der Waals surface area contributed by atoms with Gasteiger partial charge in [-0.3, -0.25) is 9.36 Å². The molecule has 1 amide bonds. The lowest BCUT2D eigenvalue weighted by atomic mass is 10.1. The van der Waals surface area contributed by atoms with E-state index in [9.17, 15) is 9.59 Å². The zero-order chi connectivity index (χ0) is 19.2. The van der Waals surface area contributed by atoms with Crippen LogP contribution in [-0.4, -0.2) is 33.8 Å². The number of hydrogen-bond donors (Lipinski definition) is 3. The molecule has 0 bridgehead atoms. The summed E-state index contributed by atoms with van der Waals surface area (Å²) in [6.45, 7) is 3.81. The Kier molecular flexibility index (Phi) is 6.05. The van der Waals surface area contributed by atoms with Crippen LogP contribution >= 0.6 is 0 Å². The van der Waals surface area contributed by atoms with Gasteiger partial charge < -0.3 is 20.1 Å². The molecular formula is C20H23N3O4. The van der Waals surface area contributed by atoms with Crippen LogP contribution < -0.4 is 11.0 Å². The molecule has 0 radical (unpaired) electrons. The van der Waals surface area contributed by atoms with Crippen LogP contribution in [0.1, 0.15) is 28.4 Å². The average molecular weight is 369 g/mol. The number of ether oxygens (including phenoxy) is 1. The number of aliphatic hydroxyl groups is 1. The molecule has 3 rings (SSSR count). The van der Waals surface area contributed by atoms with Gasteiger partial charge in [-0.1, -0.05) is 24.3 Å². The molecule has 3 aromatic rings. The minimum atomic E-state index is -0.217. The molecule has 142 valence electrons. The van der Waals surface area contributed by atoms with E-state index in [2.05, 4.69) is 10.3 Å². The predicted octanol–water partition coefficient (Wildman–Crippen LogP) is 1.79. The van der Waals surface area contributed by atoms with Crippen molar-refractivity contribution < 1.29 is 14.6 Å².